The third-order valence-electron chi connectivity index (χ3n) is 3.08. The molecule has 0 saturated carbocycles. The second-order valence-electron chi connectivity index (χ2n) is 5.06. The Balaban J connectivity index is 1.81. The van der Waals surface area contributed by atoms with Gasteiger partial charge in [-0.05, 0) is 49.4 Å². The van der Waals surface area contributed by atoms with E-state index in [4.69, 9.17) is 21.6 Å². The number of benzene rings is 2. The fourth-order valence-corrected chi connectivity index (χ4v) is 2.87. The van der Waals surface area contributed by atoms with E-state index in [9.17, 15) is 9.59 Å². The topological polar surface area (TPSA) is 79.2 Å². The number of nitrogens with zero attached hydrogens (tertiary/aromatic N) is 1. The summed E-state index contributed by atoms with van der Waals surface area (Å²) in [5, 5.41) is 11.6. The van der Waals surface area contributed by atoms with E-state index in [1.807, 2.05) is 18.2 Å². The predicted molar refractivity (Wildman–Crippen MR) is 97.5 cm³/mol. The third-order valence-corrected chi connectivity index (χ3v) is 4.42. The number of carbonyl (C=O) groups is 2. The van der Waals surface area contributed by atoms with E-state index in [2.05, 4.69) is 5.32 Å². The van der Waals surface area contributed by atoms with Crippen molar-refractivity contribution in [1.82, 2.24) is 0 Å². The molecule has 0 radical (unpaired) electrons. The van der Waals surface area contributed by atoms with E-state index in [-0.39, 0.29) is 6.61 Å². The Kier molecular flexibility index (Phi) is 6.87. The maximum absolute atomic E-state index is 12.0. The van der Waals surface area contributed by atoms with Gasteiger partial charge in [-0.2, -0.15) is 5.26 Å². The zero-order valence-electron chi connectivity index (χ0n) is 13.4. The van der Waals surface area contributed by atoms with Crippen LogP contribution in [0.5, 0.6) is 0 Å². The number of hydrogen-bond donors (Lipinski definition) is 1. The van der Waals surface area contributed by atoms with Crippen molar-refractivity contribution in [2.24, 2.45) is 0 Å². The summed E-state index contributed by atoms with van der Waals surface area (Å²) < 4.78 is 5.03. The summed E-state index contributed by atoms with van der Waals surface area (Å²) in [5.74, 6) is -0.951. The third kappa shape index (κ3) is 6.14. The van der Waals surface area contributed by atoms with Crippen LogP contribution in [-0.2, 0) is 14.3 Å². The zero-order chi connectivity index (χ0) is 18.2. The van der Waals surface area contributed by atoms with Crippen molar-refractivity contribution in [3.63, 3.8) is 0 Å². The number of nitrogens with one attached hydrogen (secondary N) is 1. The summed E-state index contributed by atoms with van der Waals surface area (Å²) in [6, 6.07) is 15.6. The van der Waals surface area contributed by atoms with Gasteiger partial charge in [0.2, 0.25) is 0 Å². The molecule has 1 N–H and O–H groups in total. The molecule has 0 spiro atoms. The molecule has 128 valence electrons. The van der Waals surface area contributed by atoms with Gasteiger partial charge in [0, 0.05) is 15.6 Å². The molecule has 7 heteroatoms. The van der Waals surface area contributed by atoms with Crippen molar-refractivity contribution in [2.45, 2.75) is 17.1 Å². The number of halogens is 1. The van der Waals surface area contributed by atoms with E-state index in [1.54, 1.807) is 43.3 Å². The highest BCUT2D eigenvalue weighted by Crippen LogP contribution is 2.25. The van der Waals surface area contributed by atoms with Crippen LogP contribution in [0.3, 0.4) is 0 Å². The fourth-order valence-electron chi connectivity index (χ4n) is 1.88. The van der Waals surface area contributed by atoms with Gasteiger partial charge in [0.15, 0.2) is 6.61 Å². The fraction of sp³-hybridized carbons (Fsp3) is 0.167. The van der Waals surface area contributed by atoms with Gasteiger partial charge in [0.25, 0.3) is 5.91 Å². The molecule has 25 heavy (non-hydrogen) atoms. The second-order valence-corrected chi connectivity index (χ2v) is 6.91. The number of nitriles is 1. The van der Waals surface area contributed by atoms with Crippen LogP contribution in [0.15, 0.2) is 53.4 Å². The van der Waals surface area contributed by atoms with E-state index in [1.165, 1.54) is 11.8 Å². The SMILES string of the molecule is C[C@@H](Sc1ccc(Cl)cc1)C(=O)OCC(=O)Nc1cccc(C#N)c1. The number of rotatable bonds is 6. The minimum atomic E-state index is -0.485. The second kappa shape index (κ2) is 9.11. The number of hydrogen-bond acceptors (Lipinski definition) is 5. The summed E-state index contributed by atoms with van der Waals surface area (Å²) in [6.45, 7) is 1.32. The quantitative estimate of drug-likeness (QED) is 0.613. The van der Waals surface area contributed by atoms with Crippen LogP contribution >= 0.6 is 23.4 Å². The van der Waals surface area contributed by atoms with Crippen molar-refractivity contribution in [3.05, 3.63) is 59.1 Å². The number of thioether (sulfide) groups is 1. The highest BCUT2D eigenvalue weighted by molar-refractivity contribution is 8.00. The maximum atomic E-state index is 12.0. The molecule has 2 aromatic carbocycles. The van der Waals surface area contributed by atoms with Crippen molar-refractivity contribution in [3.8, 4) is 6.07 Å². The molecule has 0 aliphatic heterocycles. The van der Waals surface area contributed by atoms with E-state index < -0.39 is 17.1 Å². The van der Waals surface area contributed by atoms with Gasteiger partial charge in [-0.15, -0.1) is 11.8 Å². The number of amides is 1. The van der Waals surface area contributed by atoms with E-state index in [0.717, 1.165) is 4.90 Å². The maximum Gasteiger partial charge on any atom is 0.319 e. The van der Waals surface area contributed by atoms with Crippen molar-refractivity contribution in [1.29, 1.82) is 5.26 Å². The number of esters is 1. The van der Waals surface area contributed by atoms with Crippen LogP contribution in [0.25, 0.3) is 0 Å². The lowest BCUT2D eigenvalue weighted by Gasteiger charge is -2.11. The molecule has 0 aliphatic rings. The Bertz CT molecular complexity index is 803. The first-order valence-corrected chi connectivity index (χ1v) is 8.62. The van der Waals surface area contributed by atoms with Crippen LogP contribution in [0.4, 0.5) is 5.69 Å². The number of ether oxygens (including phenoxy) is 1. The Morgan fingerprint density at radius 1 is 1.28 bits per heavy atom. The first-order valence-electron chi connectivity index (χ1n) is 7.37. The molecule has 0 bridgehead atoms. The minimum Gasteiger partial charge on any atom is -0.455 e. The molecule has 0 unspecified atom stereocenters. The number of anilines is 1. The summed E-state index contributed by atoms with van der Waals surface area (Å²) in [5.41, 5.74) is 0.909. The Hall–Kier alpha value is -2.49. The summed E-state index contributed by atoms with van der Waals surface area (Å²) in [6.07, 6.45) is 0. The molecular weight excluding hydrogens is 360 g/mol. The monoisotopic (exact) mass is 374 g/mol. The minimum absolute atomic E-state index is 0.388. The molecule has 2 aromatic rings. The molecule has 5 nitrogen and oxygen atoms in total. The average Bonchev–Trinajstić information content (AvgIpc) is 2.61. The summed E-state index contributed by atoms with van der Waals surface area (Å²) in [7, 11) is 0. The van der Waals surface area contributed by atoms with E-state index >= 15 is 0 Å². The Labute approximate surface area is 154 Å². The molecule has 0 aromatic heterocycles. The summed E-state index contributed by atoms with van der Waals surface area (Å²) in [4.78, 5) is 24.7. The van der Waals surface area contributed by atoms with Crippen LogP contribution in [0, 0.1) is 11.3 Å². The molecule has 1 atom stereocenters. The standard InChI is InChI=1S/C18H15ClN2O3S/c1-12(25-16-7-5-14(19)6-8-16)18(23)24-11-17(22)21-15-4-2-3-13(9-15)10-20/h2-9,12H,11H2,1H3,(H,21,22)/t12-/m1/s1. The first kappa shape index (κ1) is 18.8. The molecule has 0 fully saturated rings. The molecule has 0 saturated heterocycles. The van der Waals surface area contributed by atoms with Crippen LogP contribution < -0.4 is 5.32 Å². The lowest BCUT2D eigenvalue weighted by atomic mass is 10.2. The molecule has 1 amide bonds. The lowest BCUT2D eigenvalue weighted by Crippen LogP contribution is -2.24. The van der Waals surface area contributed by atoms with Gasteiger partial charge >= 0.3 is 5.97 Å². The van der Waals surface area contributed by atoms with Gasteiger partial charge < -0.3 is 10.1 Å². The molecule has 0 aliphatic carbocycles. The van der Waals surface area contributed by atoms with Gasteiger partial charge in [-0.25, -0.2) is 0 Å². The zero-order valence-corrected chi connectivity index (χ0v) is 14.9. The van der Waals surface area contributed by atoms with Gasteiger partial charge in [-0.1, -0.05) is 17.7 Å². The van der Waals surface area contributed by atoms with Gasteiger partial charge in [0.1, 0.15) is 5.25 Å². The van der Waals surface area contributed by atoms with Crippen molar-refractivity contribution >= 4 is 40.9 Å². The molecular formula is C18H15ClN2O3S. The molecule has 2 rings (SSSR count). The summed E-state index contributed by atoms with van der Waals surface area (Å²) >= 11 is 7.14. The van der Waals surface area contributed by atoms with Crippen LogP contribution in [-0.4, -0.2) is 23.7 Å². The lowest BCUT2D eigenvalue weighted by molar-refractivity contribution is -0.146. The van der Waals surface area contributed by atoms with E-state index in [0.29, 0.717) is 16.3 Å². The number of carbonyl (C=O) groups excluding carboxylic acids is 2. The highest BCUT2D eigenvalue weighted by Gasteiger charge is 2.17. The van der Waals surface area contributed by atoms with Crippen molar-refractivity contribution < 1.29 is 14.3 Å². The molecule has 0 heterocycles. The average molecular weight is 375 g/mol. The Morgan fingerprint density at radius 2 is 2.00 bits per heavy atom. The van der Waals surface area contributed by atoms with Gasteiger partial charge in [0.05, 0.1) is 11.6 Å². The first-order chi connectivity index (χ1) is 12.0. The largest absolute Gasteiger partial charge is 0.455 e. The highest BCUT2D eigenvalue weighted by atomic mass is 35.5. The Morgan fingerprint density at radius 3 is 2.68 bits per heavy atom. The van der Waals surface area contributed by atoms with Crippen LogP contribution in [0.2, 0.25) is 5.02 Å². The van der Waals surface area contributed by atoms with Gasteiger partial charge in [-0.3, -0.25) is 9.59 Å². The smallest absolute Gasteiger partial charge is 0.319 e. The predicted octanol–water partition coefficient (Wildman–Crippen LogP) is 3.87. The van der Waals surface area contributed by atoms with Crippen LogP contribution in [0.1, 0.15) is 12.5 Å². The normalized spacial score (nSPS) is 11.2. The van der Waals surface area contributed by atoms with Crippen molar-refractivity contribution in [2.75, 3.05) is 11.9 Å².